The van der Waals surface area contributed by atoms with Gasteiger partial charge in [0.1, 0.15) is 12.1 Å². The van der Waals surface area contributed by atoms with E-state index in [1.807, 2.05) is 11.0 Å². The van der Waals surface area contributed by atoms with Gasteiger partial charge >= 0.3 is 0 Å². The highest BCUT2D eigenvalue weighted by Crippen LogP contribution is 2.45. The first kappa shape index (κ1) is 22.3. The quantitative estimate of drug-likeness (QED) is 0.355. The summed E-state index contributed by atoms with van der Waals surface area (Å²) in [5.74, 6) is 0.110. The number of carbonyl (C=O) groups excluding carboxylic acids is 2. The van der Waals surface area contributed by atoms with Gasteiger partial charge in [0.05, 0.1) is 24.1 Å². The molecule has 0 aromatic carbocycles. The number of H-pyrrole nitrogens is 1. The molecular formula is C24H25N9O3. The molecule has 0 aliphatic carbocycles. The number of fused-ring (bicyclic) bond motifs is 3. The summed E-state index contributed by atoms with van der Waals surface area (Å²) in [5.41, 5.74) is 10.2. The van der Waals surface area contributed by atoms with Crippen LogP contribution in [0.2, 0.25) is 0 Å². The van der Waals surface area contributed by atoms with Crippen LogP contribution in [0.4, 0.5) is 5.82 Å². The van der Waals surface area contributed by atoms with Gasteiger partial charge in [0.15, 0.2) is 11.4 Å². The minimum Gasteiger partial charge on any atom is -0.392 e. The molecule has 2 saturated heterocycles. The first-order valence-electron chi connectivity index (χ1n) is 11.9. The van der Waals surface area contributed by atoms with E-state index < -0.39 is 0 Å². The Morgan fingerprint density at radius 3 is 2.64 bits per heavy atom. The third kappa shape index (κ3) is 3.44. The van der Waals surface area contributed by atoms with Gasteiger partial charge < -0.3 is 20.7 Å². The van der Waals surface area contributed by atoms with Crippen LogP contribution in [0.15, 0.2) is 31.0 Å². The fraction of sp³-hybridized carbons (Fsp3) is 0.375. The molecule has 0 radical (unpaired) electrons. The van der Waals surface area contributed by atoms with Crippen LogP contribution in [-0.4, -0.2) is 68.5 Å². The summed E-state index contributed by atoms with van der Waals surface area (Å²) >= 11 is 0. The van der Waals surface area contributed by atoms with E-state index in [2.05, 4.69) is 25.3 Å². The zero-order valence-corrected chi connectivity index (χ0v) is 19.6. The lowest BCUT2D eigenvalue weighted by atomic mass is 9.85. The van der Waals surface area contributed by atoms with Crippen molar-refractivity contribution < 1.29 is 14.7 Å². The second-order valence-electron chi connectivity index (χ2n) is 9.45. The summed E-state index contributed by atoms with van der Waals surface area (Å²) < 4.78 is 1.48. The van der Waals surface area contributed by atoms with E-state index in [4.69, 9.17) is 10.7 Å². The van der Waals surface area contributed by atoms with Crippen LogP contribution in [0.3, 0.4) is 0 Å². The Balaban J connectivity index is 1.42. The number of hydrogen-bond donors (Lipinski definition) is 3. The maximum atomic E-state index is 13.1. The fourth-order valence-corrected chi connectivity index (χ4v) is 5.78. The SMILES string of the molecule is CC(=O)c1c([C@@H]2C[C@H]3CC[C@@H](C2)N3C(=O)c2nnc[nH]2)nc2c(-c3cncc(CO)c3)cnn2c1N. The van der Waals surface area contributed by atoms with Crippen molar-refractivity contribution in [2.75, 3.05) is 5.73 Å². The Morgan fingerprint density at radius 1 is 1.19 bits per heavy atom. The summed E-state index contributed by atoms with van der Waals surface area (Å²) in [4.78, 5) is 39.7. The average Bonchev–Trinajstić information content (AvgIpc) is 3.62. The lowest BCUT2D eigenvalue weighted by Gasteiger charge is -2.38. The topological polar surface area (TPSA) is 168 Å². The van der Waals surface area contributed by atoms with Crippen LogP contribution in [0.1, 0.15) is 70.8 Å². The van der Waals surface area contributed by atoms with Gasteiger partial charge in [-0.25, -0.2) is 4.98 Å². The smallest absolute Gasteiger partial charge is 0.292 e. The zero-order chi connectivity index (χ0) is 25.0. The van der Waals surface area contributed by atoms with Gasteiger partial charge in [0, 0.05) is 41.5 Å². The lowest BCUT2D eigenvalue weighted by Crippen LogP contribution is -2.46. The number of Topliss-reactive ketones (excluding diaryl/α,β-unsaturated/α-hetero) is 1. The summed E-state index contributed by atoms with van der Waals surface area (Å²) in [5, 5.41) is 21.6. The fourth-order valence-electron chi connectivity index (χ4n) is 5.78. The second-order valence-corrected chi connectivity index (χ2v) is 9.45. The number of nitrogens with zero attached hydrogens (tertiary/aromatic N) is 7. The molecular weight excluding hydrogens is 462 g/mol. The third-order valence-corrected chi connectivity index (χ3v) is 7.32. The Bertz CT molecular complexity index is 1470. The van der Waals surface area contributed by atoms with Gasteiger partial charge in [-0.05, 0) is 44.2 Å². The van der Waals surface area contributed by atoms with Gasteiger partial charge in [-0.15, -0.1) is 10.2 Å². The molecule has 12 heteroatoms. The molecule has 6 heterocycles. The van der Waals surface area contributed by atoms with E-state index in [9.17, 15) is 14.7 Å². The van der Waals surface area contributed by atoms with Gasteiger partial charge in [0.2, 0.25) is 5.82 Å². The average molecular weight is 488 g/mol. The van der Waals surface area contributed by atoms with Crippen molar-refractivity contribution in [3.8, 4) is 11.1 Å². The van der Waals surface area contributed by atoms with Crippen LogP contribution in [0, 0.1) is 0 Å². The molecule has 1 amide bonds. The molecule has 4 aromatic rings. The number of anilines is 1. The molecule has 4 aromatic heterocycles. The van der Waals surface area contributed by atoms with E-state index in [-0.39, 0.29) is 47.9 Å². The second kappa shape index (κ2) is 8.48. The van der Waals surface area contributed by atoms with Crippen molar-refractivity contribution in [1.82, 2.24) is 39.7 Å². The first-order valence-corrected chi connectivity index (χ1v) is 11.9. The third-order valence-electron chi connectivity index (χ3n) is 7.32. The number of piperidine rings is 1. The van der Waals surface area contributed by atoms with E-state index >= 15 is 0 Å². The molecule has 0 unspecified atom stereocenters. The molecule has 12 nitrogen and oxygen atoms in total. The molecule has 3 atom stereocenters. The van der Waals surface area contributed by atoms with Crippen molar-refractivity contribution in [1.29, 1.82) is 0 Å². The normalized spacial score (nSPS) is 21.3. The minimum atomic E-state index is -0.176. The number of amides is 1. The van der Waals surface area contributed by atoms with Gasteiger partial charge in [-0.1, -0.05) is 0 Å². The Morgan fingerprint density at radius 2 is 1.97 bits per heavy atom. The molecule has 2 fully saturated rings. The van der Waals surface area contributed by atoms with E-state index in [1.54, 1.807) is 18.6 Å². The molecule has 0 saturated carbocycles. The largest absolute Gasteiger partial charge is 0.392 e. The van der Waals surface area contributed by atoms with Crippen molar-refractivity contribution >= 4 is 23.2 Å². The molecule has 4 N–H and O–H groups in total. The number of pyridine rings is 1. The van der Waals surface area contributed by atoms with Crippen molar-refractivity contribution in [3.63, 3.8) is 0 Å². The molecule has 0 spiro atoms. The number of aliphatic hydroxyl groups excluding tert-OH is 1. The maximum absolute atomic E-state index is 13.1. The van der Waals surface area contributed by atoms with Crippen LogP contribution < -0.4 is 5.73 Å². The molecule has 184 valence electrons. The number of aromatic nitrogens is 7. The standard InChI is InChI=1S/C24H25N9O3/c1-12(35)19-20(14-5-16-2-3-17(6-14)32(16)24(36)22-27-11-28-31-22)30-23-18(9-29-33(23)21(19)25)15-4-13(10-34)7-26-8-15/h4,7-9,11,14,16-17,34H,2-3,5-6,10,25H2,1H3,(H,27,28,31)/t14-,16-,17+. The molecule has 2 bridgehead atoms. The van der Waals surface area contributed by atoms with Crippen LogP contribution >= 0.6 is 0 Å². The highest BCUT2D eigenvalue weighted by Gasteiger charge is 2.45. The predicted octanol–water partition coefficient (Wildman–Crippen LogP) is 1.74. The van der Waals surface area contributed by atoms with Gasteiger partial charge in [-0.2, -0.15) is 9.61 Å². The molecule has 2 aliphatic rings. The number of carbonyl (C=O) groups is 2. The zero-order valence-electron chi connectivity index (χ0n) is 19.6. The van der Waals surface area contributed by atoms with Crippen LogP contribution in [0.25, 0.3) is 16.8 Å². The highest BCUT2D eigenvalue weighted by atomic mass is 16.3. The number of hydrogen-bond acceptors (Lipinski definition) is 9. The molecule has 6 rings (SSSR count). The number of rotatable bonds is 5. The number of aliphatic hydroxyl groups is 1. The Hall–Kier alpha value is -4.19. The number of ketones is 1. The number of nitrogens with one attached hydrogen (secondary N) is 1. The highest BCUT2D eigenvalue weighted by molar-refractivity contribution is 6.00. The van der Waals surface area contributed by atoms with E-state index in [1.165, 1.54) is 17.8 Å². The maximum Gasteiger partial charge on any atom is 0.292 e. The van der Waals surface area contributed by atoms with E-state index in [0.717, 1.165) is 18.4 Å². The minimum absolute atomic E-state index is 0.0141. The Labute approximate surface area is 205 Å². The predicted molar refractivity (Wildman–Crippen MR) is 128 cm³/mol. The first-order chi connectivity index (χ1) is 17.5. The summed E-state index contributed by atoms with van der Waals surface area (Å²) in [7, 11) is 0. The van der Waals surface area contributed by atoms with Gasteiger partial charge in [0.25, 0.3) is 5.91 Å². The lowest BCUT2D eigenvalue weighted by molar-refractivity contribution is 0.0556. The summed E-state index contributed by atoms with van der Waals surface area (Å²) in [6.07, 6.45) is 9.43. The van der Waals surface area contributed by atoms with Crippen LogP contribution in [0.5, 0.6) is 0 Å². The monoisotopic (exact) mass is 487 g/mol. The van der Waals surface area contributed by atoms with Crippen LogP contribution in [-0.2, 0) is 6.61 Å². The summed E-state index contributed by atoms with van der Waals surface area (Å²) in [6.45, 7) is 1.35. The molecule has 2 aliphatic heterocycles. The molecule has 36 heavy (non-hydrogen) atoms. The number of nitrogen functional groups attached to an aromatic ring is 1. The summed E-state index contributed by atoms with van der Waals surface area (Å²) in [6, 6.07) is 1.86. The number of aromatic amines is 1. The van der Waals surface area contributed by atoms with Gasteiger partial charge in [-0.3, -0.25) is 14.6 Å². The van der Waals surface area contributed by atoms with Crippen molar-refractivity contribution in [2.45, 2.75) is 57.2 Å². The van der Waals surface area contributed by atoms with Crippen molar-refractivity contribution in [2.24, 2.45) is 0 Å². The number of nitrogens with two attached hydrogens (primary N) is 1. The van der Waals surface area contributed by atoms with Crippen molar-refractivity contribution in [3.05, 3.63) is 53.6 Å². The Kier molecular flexibility index (Phi) is 5.25. The van der Waals surface area contributed by atoms with E-state index in [0.29, 0.717) is 40.9 Å².